The van der Waals surface area contributed by atoms with E-state index in [9.17, 15) is 0 Å². The first-order chi connectivity index (χ1) is 10.7. The molecule has 0 bridgehead atoms. The van der Waals surface area contributed by atoms with Crippen molar-refractivity contribution in [1.82, 2.24) is 4.90 Å². The standard InChI is InChI=1S/C20H21NO/c1-21(2)13-16-12-19-17-9-5-3-7-14(17)11-15-8-4-6-10-18(15)20(19)22-16/h3-10,16H,11-13H2,1-2H3. The summed E-state index contributed by atoms with van der Waals surface area (Å²) in [6, 6.07) is 17.4. The summed E-state index contributed by atoms with van der Waals surface area (Å²) >= 11 is 0. The van der Waals surface area contributed by atoms with Crippen molar-refractivity contribution in [2.75, 3.05) is 20.6 Å². The van der Waals surface area contributed by atoms with E-state index in [1.54, 1.807) is 0 Å². The fourth-order valence-electron chi connectivity index (χ4n) is 3.64. The van der Waals surface area contributed by atoms with Gasteiger partial charge in [-0.25, -0.2) is 0 Å². The van der Waals surface area contributed by atoms with Crippen molar-refractivity contribution in [2.24, 2.45) is 0 Å². The van der Waals surface area contributed by atoms with E-state index < -0.39 is 0 Å². The fraction of sp³-hybridized carbons (Fsp3) is 0.300. The molecule has 0 saturated carbocycles. The fourth-order valence-corrected chi connectivity index (χ4v) is 3.64. The molecular formula is C20H21NO. The van der Waals surface area contributed by atoms with E-state index in [2.05, 4.69) is 67.5 Å². The van der Waals surface area contributed by atoms with Crippen molar-refractivity contribution >= 4 is 11.3 Å². The lowest BCUT2D eigenvalue weighted by Gasteiger charge is -2.19. The van der Waals surface area contributed by atoms with E-state index >= 15 is 0 Å². The molecule has 0 N–H and O–H groups in total. The number of hydrogen-bond acceptors (Lipinski definition) is 2. The molecule has 1 heterocycles. The van der Waals surface area contributed by atoms with Crippen molar-refractivity contribution in [2.45, 2.75) is 18.9 Å². The normalized spacial score (nSPS) is 19.3. The molecule has 0 saturated heterocycles. The summed E-state index contributed by atoms with van der Waals surface area (Å²) < 4.78 is 6.38. The van der Waals surface area contributed by atoms with Crippen LogP contribution in [0.2, 0.25) is 0 Å². The topological polar surface area (TPSA) is 12.5 Å². The summed E-state index contributed by atoms with van der Waals surface area (Å²) in [7, 11) is 4.21. The van der Waals surface area contributed by atoms with Crippen LogP contribution in [-0.4, -0.2) is 31.6 Å². The van der Waals surface area contributed by atoms with Crippen LogP contribution in [0, 0.1) is 0 Å². The lowest BCUT2D eigenvalue weighted by atomic mass is 9.95. The van der Waals surface area contributed by atoms with Crippen LogP contribution in [0.15, 0.2) is 48.5 Å². The third-order valence-electron chi connectivity index (χ3n) is 4.54. The van der Waals surface area contributed by atoms with Gasteiger partial charge in [-0.1, -0.05) is 48.5 Å². The van der Waals surface area contributed by atoms with E-state index in [1.807, 2.05) is 0 Å². The third-order valence-corrected chi connectivity index (χ3v) is 4.54. The highest BCUT2D eigenvalue weighted by molar-refractivity contribution is 5.92. The molecule has 1 aliphatic heterocycles. The van der Waals surface area contributed by atoms with Crippen molar-refractivity contribution in [3.63, 3.8) is 0 Å². The summed E-state index contributed by atoms with van der Waals surface area (Å²) in [4.78, 5) is 2.20. The third kappa shape index (κ3) is 2.24. The number of nitrogens with zero attached hydrogens (tertiary/aromatic N) is 1. The van der Waals surface area contributed by atoms with Gasteiger partial charge in [0.05, 0.1) is 0 Å². The van der Waals surface area contributed by atoms with E-state index in [1.165, 1.54) is 27.8 Å². The van der Waals surface area contributed by atoms with E-state index in [0.29, 0.717) is 0 Å². The first-order valence-electron chi connectivity index (χ1n) is 7.93. The van der Waals surface area contributed by atoms with Crippen molar-refractivity contribution in [1.29, 1.82) is 0 Å². The van der Waals surface area contributed by atoms with Gasteiger partial charge in [-0.2, -0.15) is 0 Å². The smallest absolute Gasteiger partial charge is 0.131 e. The predicted molar refractivity (Wildman–Crippen MR) is 90.5 cm³/mol. The molecule has 0 fully saturated rings. The van der Waals surface area contributed by atoms with E-state index in [0.717, 1.165) is 25.1 Å². The Bertz CT molecular complexity index is 687. The molecule has 0 radical (unpaired) electrons. The quantitative estimate of drug-likeness (QED) is 0.834. The van der Waals surface area contributed by atoms with Gasteiger partial charge < -0.3 is 9.64 Å². The van der Waals surface area contributed by atoms with Crippen LogP contribution < -0.4 is 0 Å². The maximum atomic E-state index is 6.38. The van der Waals surface area contributed by atoms with Gasteiger partial charge >= 0.3 is 0 Å². The predicted octanol–water partition coefficient (Wildman–Crippen LogP) is 3.81. The average Bonchev–Trinajstić information content (AvgIpc) is 2.85. The minimum absolute atomic E-state index is 0.249. The van der Waals surface area contributed by atoms with Gasteiger partial charge in [-0.15, -0.1) is 0 Å². The highest BCUT2D eigenvalue weighted by Crippen LogP contribution is 2.43. The molecule has 2 nitrogen and oxygen atoms in total. The second-order valence-corrected chi connectivity index (χ2v) is 6.50. The lowest BCUT2D eigenvalue weighted by molar-refractivity contribution is 0.152. The van der Waals surface area contributed by atoms with Gasteiger partial charge in [0.2, 0.25) is 0 Å². The van der Waals surface area contributed by atoms with Crippen LogP contribution in [0.1, 0.15) is 28.7 Å². The number of hydrogen-bond donors (Lipinski definition) is 0. The monoisotopic (exact) mass is 291 g/mol. The van der Waals surface area contributed by atoms with Crippen LogP contribution >= 0.6 is 0 Å². The van der Waals surface area contributed by atoms with Gasteiger partial charge in [0.1, 0.15) is 11.9 Å². The summed E-state index contributed by atoms with van der Waals surface area (Å²) in [6.07, 6.45) is 2.24. The second kappa shape index (κ2) is 5.29. The lowest BCUT2D eigenvalue weighted by Crippen LogP contribution is -2.25. The van der Waals surface area contributed by atoms with Crippen molar-refractivity contribution in [3.8, 4) is 0 Å². The molecule has 2 aliphatic rings. The molecule has 1 aliphatic carbocycles. The van der Waals surface area contributed by atoms with Crippen LogP contribution in [0.25, 0.3) is 11.3 Å². The Morgan fingerprint density at radius 2 is 1.59 bits per heavy atom. The number of fused-ring (bicyclic) bond motifs is 4. The summed E-state index contributed by atoms with van der Waals surface area (Å²) in [6.45, 7) is 0.956. The van der Waals surface area contributed by atoms with Crippen LogP contribution in [0.5, 0.6) is 0 Å². The van der Waals surface area contributed by atoms with E-state index in [4.69, 9.17) is 4.74 Å². The highest BCUT2D eigenvalue weighted by Gasteiger charge is 2.31. The molecule has 4 rings (SSSR count). The van der Waals surface area contributed by atoms with Crippen molar-refractivity contribution in [3.05, 3.63) is 70.8 Å². The van der Waals surface area contributed by atoms with Crippen LogP contribution in [-0.2, 0) is 11.2 Å². The minimum Gasteiger partial charge on any atom is -0.488 e. The zero-order chi connectivity index (χ0) is 15.1. The maximum absolute atomic E-state index is 6.38. The minimum atomic E-state index is 0.249. The Kier molecular flexibility index (Phi) is 3.27. The Morgan fingerprint density at radius 1 is 0.955 bits per heavy atom. The number of rotatable bonds is 2. The SMILES string of the molecule is CN(C)CC1CC2=C(O1)c1ccccc1Cc1ccccc12. The average molecular weight is 291 g/mol. The number of benzene rings is 2. The number of ether oxygens (including phenoxy) is 1. The number of likely N-dealkylation sites (N-methyl/N-ethyl adjacent to an activating group) is 1. The van der Waals surface area contributed by atoms with Crippen LogP contribution in [0.3, 0.4) is 0 Å². The maximum Gasteiger partial charge on any atom is 0.131 e. The largest absolute Gasteiger partial charge is 0.488 e. The Morgan fingerprint density at radius 3 is 2.32 bits per heavy atom. The Hall–Kier alpha value is -2.06. The molecule has 2 aromatic carbocycles. The van der Waals surface area contributed by atoms with Gasteiger partial charge in [0, 0.05) is 24.1 Å². The molecule has 0 spiro atoms. The van der Waals surface area contributed by atoms with Gasteiger partial charge in [0.15, 0.2) is 0 Å². The first-order valence-corrected chi connectivity index (χ1v) is 7.93. The molecule has 0 amide bonds. The molecule has 2 aromatic rings. The molecule has 112 valence electrons. The van der Waals surface area contributed by atoms with E-state index in [-0.39, 0.29) is 6.10 Å². The molecule has 2 heteroatoms. The van der Waals surface area contributed by atoms with Gasteiger partial charge in [-0.3, -0.25) is 0 Å². The highest BCUT2D eigenvalue weighted by atomic mass is 16.5. The zero-order valence-electron chi connectivity index (χ0n) is 13.2. The Labute approximate surface area is 132 Å². The van der Waals surface area contributed by atoms with Gasteiger partial charge in [-0.05, 0) is 37.2 Å². The summed E-state index contributed by atoms with van der Waals surface area (Å²) in [5.41, 5.74) is 6.80. The molecule has 1 atom stereocenters. The second-order valence-electron chi connectivity index (χ2n) is 6.50. The summed E-state index contributed by atoms with van der Waals surface area (Å²) in [5.74, 6) is 1.10. The zero-order valence-corrected chi connectivity index (χ0v) is 13.2. The van der Waals surface area contributed by atoms with Crippen molar-refractivity contribution < 1.29 is 4.74 Å². The summed E-state index contributed by atoms with van der Waals surface area (Å²) in [5, 5.41) is 0. The molecular weight excluding hydrogens is 270 g/mol. The first kappa shape index (κ1) is 13.6. The molecule has 1 unspecified atom stereocenters. The van der Waals surface area contributed by atoms with Crippen LogP contribution in [0.4, 0.5) is 0 Å². The molecule has 0 aromatic heterocycles. The molecule has 22 heavy (non-hydrogen) atoms. The Balaban J connectivity index is 1.84. The van der Waals surface area contributed by atoms with Gasteiger partial charge in [0.25, 0.3) is 0 Å².